The Morgan fingerprint density at radius 1 is 1.40 bits per heavy atom. The highest BCUT2D eigenvalue weighted by Gasteiger charge is 2.21. The zero-order valence-corrected chi connectivity index (χ0v) is 8.87. The Morgan fingerprint density at radius 2 is 2.13 bits per heavy atom. The molecule has 0 radical (unpaired) electrons. The highest BCUT2D eigenvalue weighted by atomic mass is 19.1. The maximum absolute atomic E-state index is 12.8. The summed E-state index contributed by atoms with van der Waals surface area (Å²) in [6.07, 6.45) is 0. The second-order valence-electron chi connectivity index (χ2n) is 3.98. The molecule has 1 N–H and O–H groups in total. The summed E-state index contributed by atoms with van der Waals surface area (Å²) in [7, 11) is 0. The highest BCUT2D eigenvalue weighted by Crippen LogP contribution is 2.20. The SMILES string of the molecule is CC(c1ccc(F)cc1)C1COCCN1. The van der Waals surface area contributed by atoms with E-state index in [0.29, 0.717) is 12.0 Å². The number of hydrogen-bond donors (Lipinski definition) is 1. The van der Waals surface area contributed by atoms with Crippen molar-refractivity contribution in [1.82, 2.24) is 5.32 Å². The highest BCUT2D eigenvalue weighted by molar-refractivity contribution is 5.21. The van der Waals surface area contributed by atoms with Gasteiger partial charge < -0.3 is 10.1 Å². The molecule has 15 heavy (non-hydrogen) atoms. The fourth-order valence-electron chi connectivity index (χ4n) is 1.91. The van der Waals surface area contributed by atoms with Gasteiger partial charge in [-0.15, -0.1) is 0 Å². The Morgan fingerprint density at radius 3 is 2.73 bits per heavy atom. The van der Waals surface area contributed by atoms with E-state index in [4.69, 9.17) is 4.74 Å². The molecule has 0 amide bonds. The fraction of sp³-hybridized carbons (Fsp3) is 0.500. The second kappa shape index (κ2) is 4.73. The van der Waals surface area contributed by atoms with Crippen LogP contribution in [0.4, 0.5) is 4.39 Å². The summed E-state index contributed by atoms with van der Waals surface area (Å²) in [6.45, 7) is 4.56. The quantitative estimate of drug-likeness (QED) is 0.803. The minimum absolute atomic E-state index is 0.182. The number of halogens is 1. The molecule has 1 heterocycles. The van der Waals surface area contributed by atoms with Crippen molar-refractivity contribution in [1.29, 1.82) is 0 Å². The number of nitrogens with one attached hydrogen (secondary N) is 1. The predicted octanol–water partition coefficient (Wildman–Crippen LogP) is 1.92. The third-order valence-corrected chi connectivity index (χ3v) is 2.95. The standard InChI is InChI=1S/C12H16FNO/c1-9(12-8-15-7-6-14-12)10-2-4-11(13)5-3-10/h2-5,9,12,14H,6-8H2,1H3. The normalized spacial score (nSPS) is 23.7. The maximum Gasteiger partial charge on any atom is 0.123 e. The summed E-state index contributed by atoms with van der Waals surface area (Å²) >= 11 is 0. The van der Waals surface area contributed by atoms with Crippen molar-refractivity contribution in [2.24, 2.45) is 0 Å². The largest absolute Gasteiger partial charge is 0.378 e. The van der Waals surface area contributed by atoms with E-state index in [-0.39, 0.29) is 5.82 Å². The third-order valence-electron chi connectivity index (χ3n) is 2.95. The molecule has 2 unspecified atom stereocenters. The van der Waals surface area contributed by atoms with Gasteiger partial charge in [-0.2, -0.15) is 0 Å². The molecule has 2 rings (SSSR count). The summed E-state index contributed by atoms with van der Waals surface area (Å²) < 4.78 is 18.2. The van der Waals surface area contributed by atoms with E-state index in [1.807, 2.05) is 12.1 Å². The van der Waals surface area contributed by atoms with Crippen molar-refractivity contribution < 1.29 is 9.13 Å². The summed E-state index contributed by atoms with van der Waals surface area (Å²) in [5, 5.41) is 3.41. The molecule has 1 aromatic carbocycles. The summed E-state index contributed by atoms with van der Waals surface area (Å²) in [4.78, 5) is 0. The Labute approximate surface area is 89.4 Å². The molecule has 2 nitrogen and oxygen atoms in total. The van der Waals surface area contributed by atoms with Gasteiger partial charge in [0.25, 0.3) is 0 Å². The maximum atomic E-state index is 12.8. The molecule has 0 aliphatic carbocycles. The van der Waals surface area contributed by atoms with Gasteiger partial charge in [-0.05, 0) is 23.6 Å². The number of ether oxygens (including phenoxy) is 1. The number of hydrogen-bond acceptors (Lipinski definition) is 2. The molecule has 1 fully saturated rings. The molecule has 3 heteroatoms. The molecule has 0 saturated carbocycles. The van der Waals surface area contributed by atoms with Crippen LogP contribution in [0.5, 0.6) is 0 Å². The summed E-state index contributed by atoms with van der Waals surface area (Å²) in [5.41, 5.74) is 1.15. The zero-order valence-electron chi connectivity index (χ0n) is 8.87. The summed E-state index contributed by atoms with van der Waals surface area (Å²) in [5.74, 6) is 0.171. The molecule has 1 aromatic rings. The van der Waals surface area contributed by atoms with Crippen LogP contribution in [-0.4, -0.2) is 25.8 Å². The van der Waals surface area contributed by atoms with Gasteiger partial charge in [0.05, 0.1) is 13.2 Å². The van der Waals surface area contributed by atoms with Crippen LogP contribution >= 0.6 is 0 Å². The zero-order chi connectivity index (χ0) is 10.7. The van der Waals surface area contributed by atoms with Crippen LogP contribution in [0, 0.1) is 5.82 Å². The van der Waals surface area contributed by atoms with Crippen molar-refractivity contribution in [2.45, 2.75) is 18.9 Å². The molecule has 82 valence electrons. The molecule has 1 aliphatic heterocycles. The number of morpholine rings is 1. The lowest BCUT2D eigenvalue weighted by Gasteiger charge is -2.29. The Hall–Kier alpha value is -0.930. The van der Waals surface area contributed by atoms with Gasteiger partial charge in [0.2, 0.25) is 0 Å². The molecule has 2 atom stereocenters. The first-order valence-electron chi connectivity index (χ1n) is 5.34. The van der Waals surface area contributed by atoms with Gasteiger partial charge in [0.15, 0.2) is 0 Å². The monoisotopic (exact) mass is 209 g/mol. The molecular weight excluding hydrogens is 193 g/mol. The first-order valence-corrected chi connectivity index (χ1v) is 5.34. The van der Waals surface area contributed by atoms with Gasteiger partial charge in [0.1, 0.15) is 5.82 Å². The van der Waals surface area contributed by atoms with Crippen LogP contribution in [0.1, 0.15) is 18.4 Å². The van der Waals surface area contributed by atoms with Crippen molar-refractivity contribution in [3.8, 4) is 0 Å². The van der Waals surface area contributed by atoms with E-state index in [2.05, 4.69) is 12.2 Å². The van der Waals surface area contributed by atoms with E-state index in [0.717, 1.165) is 25.3 Å². The van der Waals surface area contributed by atoms with Crippen molar-refractivity contribution in [3.05, 3.63) is 35.6 Å². The molecule has 0 bridgehead atoms. The average Bonchev–Trinajstić information content (AvgIpc) is 2.30. The number of benzene rings is 1. The molecule has 1 aliphatic rings. The fourth-order valence-corrected chi connectivity index (χ4v) is 1.91. The van der Waals surface area contributed by atoms with E-state index in [9.17, 15) is 4.39 Å². The summed E-state index contributed by atoms with van der Waals surface area (Å²) in [6, 6.07) is 7.04. The minimum atomic E-state index is -0.182. The number of rotatable bonds is 2. The minimum Gasteiger partial charge on any atom is -0.378 e. The van der Waals surface area contributed by atoms with Crippen molar-refractivity contribution >= 4 is 0 Å². The third kappa shape index (κ3) is 2.55. The Bertz CT molecular complexity index is 306. The average molecular weight is 209 g/mol. The topological polar surface area (TPSA) is 21.3 Å². The molecule has 0 aromatic heterocycles. The smallest absolute Gasteiger partial charge is 0.123 e. The molecular formula is C12H16FNO. The van der Waals surface area contributed by atoms with Crippen LogP contribution in [-0.2, 0) is 4.74 Å². The first kappa shape index (κ1) is 10.6. The van der Waals surface area contributed by atoms with E-state index in [1.54, 1.807) is 0 Å². The molecule has 1 saturated heterocycles. The molecule has 0 spiro atoms. The van der Waals surface area contributed by atoms with Crippen molar-refractivity contribution in [2.75, 3.05) is 19.8 Å². The van der Waals surface area contributed by atoms with Crippen LogP contribution < -0.4 is 5.32 Å². The van der Waals surface area contributed by atoms with Gasteiger partial charge in [-0.3, -0.25) is 0 Å². The predicted molar refractivity (Wildman–Crippen MR) is 57.4 cm³/mol. The lowest BCUT2D eigenvalue weighted by molar-refractivity contribution is 0.0698. The van der Waals surface area contributed by atoms with Crippen LogP contribution in [0.25, 0.3) is 0 Å². The lowest BCUT2D eigenvalue weighted by Crippen LogP contribution is -2.44. The van der Waals surface area contributed by atoms with Gasteiger partial charge in [-0.25, -0.2) is 4.39 Å². The second-order valence-corrected chi connectivity index (χ2v) is 3.98. The van der Waals surface area contributed by atoms with E-state index < -0.39 is 0 Å². The first-order chi connectivity index (χ1) is 7.27. The Kier molecular flexibility index (Phi) is 3.34. The Balaban J connectivity index is 2.05. The van der Waals surface area contributed by atoms with Gasteiger partial charge in [0, 0.05) is 12.6 Å². The van der Waals surface area contributed by atoms with Crippen LogP contribution in [0.3, 0.4) is 0 Å². The van der Waals surface area contributed by atoms with Gasteiger partial charge >= 0.3 is 0 Å². The van der Waals surface area contributed by atoms with E-state index in [1.165, 1.54) is 12.1 Å². The van der Waals surface area contributed by atoms with E-state index >= 15 is 0 Å². The van der Waals surface area contributed by atoms with Crippen molar-refractivity contribution in [3.63, 3.8) is 0 Å². The lowest BCUT2D eigenvalue weighted by atomic mass is 9.93. The van der Waals surface area contributed by atoms with Gasteiger partial charge in [-0.1, -0.05) is 19.1 Å². The van der Waals surface area contributed by atoms with Crippen LogP contribution in [0.2, 0.25) is 0 Å². The van der Waals surface area contributed by atoms with Crippen LogP contribution in [0.15, 0.2) is 24.3 Å².